The molecule has 0 bridgehead atoms. The molecule has 0 aliphatic carbocycles. The van der Waals surface area contributed by atoms with Gasteiger partial charge in [0.05, 0.1) is 10.9 Å². The van der Waals surface area contributed by atoms with Crippen LogP contribution < -0.4 is 0 Å². The first-order valence-corrected chi connectivity index (χ1v) is 7.00. The Bertz CT molecular complexity index is 568. The third-order valence-corrected chi connectivity index (χ3v) is 3.80. The van der Waals surface area contributed by atoms with E-state index in [2.05, 4.69) is 0 Å². The van der Waals surface area contributed by atoms with Gasteiger partial charge in [-0.15, -0.1) is 0 Å². The molecule has 2 rings (SSSR count). The molecule has 0 radical (unpaired) electrons. The summed E-state index contributed by atoms with van der Waals surface area (Å²) in [4.78, 5) is 24.5. The summed E-state index contributed by atoms with van der Waals surface area (Å²) in [6.07, 6.45) is 3.78. The lowest BCUT2D eigenvalue weighted by atomic mass is 9.98. The maximum atomic E-state index is 13.6. The van der Waals surface area contributed by atoms with Gasteiger partial charge >= 0.3 is 5.97 Å². The number of hydrogen-bond acceptors (Lipinski definition) is 2. The van der Waals surface area contributed by atoms with Gasteiger partial charge in [0.2, 0.25) is 5.91 Å². The first kappa shape index (κ1) is 15.5. The lowest BCUT2D eigenvalue weighted by Crippen LogP contribution is -2.41. The Morgan fingerprint density at radius 2 is 2.19 bits per heavy atom. The molecule has 1 aliphatic heterocycles. The second-order valence-electron chi connectivity index (χ2n) is 4.93. The molecular formula is C15H15ClFNO3. The summed E-state index contributed by atoms with van der Waals surface area (Å²) in [5.41, 5.74) is 0.152. The molecule has 0 saturated carbocycles. The Balaban J connectivity index is 2.07. The van der Waals surface area contributed by atoms with Gasteiger partial charge < -0.3 is 10.0 Å². The van der Waals surface area contributed by atoms with Crippen LogP contribution in [0.5, 0.6) is 0 Å². The molecule has 1 amide bonds. The van der Waals surface area contributed by atoms with Gasteiger partial charge in [0, 0.05) is 24.7 Å². The Morgan fingerprint density at radius 1 is 1.43 bits per heavy atom. The Morgan fingerprint density at radius 3 is 2.86 bits per heavy atom. The van der Waals surface area contributed by atoms with E-state index >= 15 is 0 Å². The minimum Gasteiger partial charge on any atom is -0.481 e. The molecular weight excluding hydrogens is 297 g/mol. The van der Waals surface area contributed by atoms with Crippen LogP contribution in [0.3, 0.4) is 0 Å². The summed E-state index contributed by atoms with van der Waals surface area (Å²) in [7, 11) is 0. The van der Waals surface area contributed by atoms with Crippen LogP contribution in [0.4, 0.5) is 4.39 Å². The van der Waals surface area contributed by atoms with Crippen molar-refractivity contribution in [2.75, 3.05) is 13.1 Å². The maximum absolute atomic E-state index is 13.6. The number of carboxylic acid groups (broad SMARTS) is 1. The van der Waals surface area contributed by atoms with Crippen molar-refractivity contribution in [3.05, 3.63) is 40.7 Å². The second kappa shape index (κ2) is 6.72. The van der Waals surface area contributed by atoms with Crippen molar-refractivity contribution in [2.45, 2.75) is 12.8 Å². The molecule has 112 valence electrons. The van der Waals surface area contributed by atoms with Gasteiger partial charge in [-0.2, -0.15) is 0 Å². The van der Waals surface area contributed by atoms with Gasteiger partial charge in [-0.1, -0.05) is 17.7 Å². The summed E-state index contributed by atoms with van der Waals surface area (Å²) in [5.74, 6) is -2.27. The van der Waals surface area contributed by atoms with Gasteiger partial charge in [0.25, 0.3) is 0 Å². The SMILES string of the molecule is O=C(O)C1CCCN(C(=O)/C=C/c2c(F)cccc2Cl)C1. The van der Waals surface area contributed by atoms with Crippen LogP contribution >= 0.6 is 11.6 Å². The molecule has 1 aromatic rings. The summed E-state index contributed by atoms with van der Waals surface area (Å²) in [6.45, 7) is 0.696. The highest BCUT2D eigenvalue weighted by Crippen LogP contribution is 2.21. The van der Waals surface area contributed by atoms with Gasteiger partial charge in [0.15, 0.2) is 0 Å². The molecule has 1 fully saturated rings. The number of carbonyl (C=O) groups is 2. The number of rotatable bonds is 3. The predicted octanol–water partition coefficient (Wildman–Crippen LogP) is 2.82. The molecule has 0 spiro atoms. The lowest BCUT2D eigenvalue weighted by molar-refractivity contribution is -0.144. The summed E-state index contributed by atoms with van der Waals surface area (Å²) < 4.78 is 13.6. The van der Waals surface area contributed by atoms with Crippen molar-refractivity contribution >= 4 is 29.6 Å². The van der Waals surface area contributed by atoms with E-state index in [0.717, 1.165) is 0 Å². The van der Waals surface area contributed by atoms with Crippen LogP contribution in [0.2, 0.25) is 5.02 Å². The third-order valence-electron chi connectivity index (χ3n) is 3.47. The first-order chi connectivity index (χ1) is 9.99. The monoisotopic (exact) mass is 311 g/mol. The zero-order valence-electron chi connectivity index (χ0n) is 11.3. The maximum Gasteiger partial charge on any atom is 0.308 e. The largest absolute Gasteiger partial charge is 0.481 e. The topological polar surface area (TPSA) is 57.6 Å². The zero-order chi connectivity index (χ0) is 15.4. The molecule has 6 heteroatoms. The molecule has 1 unspecified atom stereocenters. The molecule has 1 aromatic carbocycles. The van der Waals surface area contributed by atoms with Crippen molar-refractivity contribution in [2.24, 2.45) is 5.92 Å². The third kappa shape index (κ3) is 3.82. The molecule has 1 aliphatic rings. The fourth-order valence-electron chi connectivity index (χ4n) is 2.31. The van der Waals surface area contributed by atoms with Crippen molar-refractivity contribution < 1.29 is 19.1 Å². The highest BCUT2D eigenvalue weighted by molar-refractivity contribution is 6.32. The van der Waals surface area contributed by atoms with Crippen LogP contribution in [-0.2, 0) is 9.59 Å². The fraction of sp³-hybridized carbons (Fsp3) is 0.333. The molecule has 1 atom stereocenters. The Labute approximate surface area is 126 Å². The number of piperidine rings is 1. The van der Waals surface area contributed by atoms with Crippen molar-refractivity contribution in [3.8, 4) is 0 Å². The number of amides is 1. The van der Waals surface area contributed by atoms with Gasteiger partial charge in [-0.25, -0.2) is 4.39 Å². The van der Waals surface area contributed by atoms with Crippen LogP contribution in [0.1, 0.15) is 18.4 Å². The summed E-state index contributed by atoms with van der Waals surface area (Å²) in [6, 6.07) is 4.28. The van der Waals surface area contributed by atoms with Crippen molar-refractivity contribution in [3.63, 3.8) is 0 Å². The van der Waals surface area contributed by atoms with Crippen molar-refractivity contribution in [1.29, 1.82) is 0 Å². The quantitative estimate of drug-likeness (QED) is 0.873. The average molecular weight is 312 g/mol. The number of nitrogens with zero attached hydrogens (tertiary/aromatic N) is 1. The summed E-state index contributed by atoms with van der Waals surface area (Å²) in [5, 5.41) is 9.22. The normalized spacial score (nSPS) is 19.0. The highest BCUT2D eigenvalue weighted by atomic mass is 35.5. The van der Waals surface area contributed by atoms with Crippen LogP contribution in [-0.4, -0.2) is 35.0 Å². The highest BCUT2D eigenvalue weighted by Gasteiger charge is 2.27. The van der Waals surface area contributed by atoms with Crippen molar-refractivity contribution in [1.82, 2.24) is 4.90 Å². The van der Waals surface area contributed by atoms with E-state index in [-0.39, 0.29) is 23.0 Å². The Hall–Kier alpha value is -1.88. The van der Waals surface area contributed by atoms with Crippen LogP contribution in [0.25, 0.3) is 6.08 Å². The zero-order valence-corrected chi connectivity index (χ0v) is 12.0. The number of carboxylic acids is 1. The minimum atomic E-state index is -0.895. The number of aliphatic carboxylic acids is 1. The predicted molar refractivity (Wildman–Crippen MR) is 77.4 cm³/mol. The van der Waals surface area contributed by atoms with Gasteiger partial charge in [-0.05, 0) is 31.1 Å². The standard InChI is InChI=1S/C15H15ClFNO3/c16-12-4-1-5-13(17)11(12)6-7-14(19)18-8-2-3-10(9-18)15(20)21/h1,4-7,10H,2-3,8-9H2,(H,20,21)/b7-6+. The van der Waals surface area contributed by atoms with E-state index in [1.54, 1.807) is 0 Å². The fourth-order valence-corrected chi connectivity index (χ4v) is 2.53. The molecule has 1 heterocycles. The van der Waals surface area contributed by atoms with E-state index in [0.29, 0.717) is 19.4 Å². The number of carbonyl (C=O) groups excluding carboxylic acids is 1. The van der Waals surface area contributed by atoms with Gasteiger partial charge in [0.1, 0.15) is 5.82 Å². The molecule has 21 heavy (non-hydrogen) atoms. The van der Waals surface area contributed by atoms with Gasteiger partial charge in [-0.3, -0.25) is 9.59 Å². The summed E-state index contributed by atoms with van der Waals surface area (Å²) >= 11 is 5.87. The molecule has 1 saturated heterocycles. The average Bonchev–Trinajstić information content (AvgIpc) is 2.46. The number of benzene rings is 1. The second-order valence-corrected chi connectivity index (χ2v) is 5.34. The van der Waals surface area contributed by atoms with Crippen LogP contribution in [0.15, 0.2) is 24.3 Å². The van der Waals surface area contributed by atoms with E-state index in [1.807, 2.05) is 0 Å². The first-order valence-electron chi connectivity index (χ1n) is 6.63. The van der Waals surface area contributed by atoms with E-state index < -0.39 is 17.7 Å². The number of likely N-dealkylation sites (tertiary alicyclic amines) is 1. The van der Waals surface area contributed by atoms with Crippen LogP contribution in [0, 0.1) is 11.7 Å². The van der Waals surface area contributed by atoms with E-state index in [1.165, 1.54) is 35.3 Å². The lowest BCUT2D eigenvalue weighted by Gasteiger charge is -2.29. The molecule has 4 nitrogen and oxygen atoms in total. The Kier molecular flexibility index (Phi) is 4.96. The molecule has 1 N–H and O–H groups in total. The van der Waals surface area contributed by atoms with E-state index in [4.69, 9.17) is 16.7 Å². The molecule has 0 aromatic heterocycles. The van der Waals surface area contributed by atoms with E-state index in [9.17, 15) is 14.0 Å². The number of hydrogen-bond donors (Lipinski definition) is 1. The minimum absolute atomic E-state index is 0.152. The number of halogens is 2. The smallest absolute Gasteiger partial charge is 0.308 e.